The number of hydrogen-bond donors (Lipinski definition) is 1. The van der Waals surface area contributed by atoms with Crippen LogP contribution in [0.1, 0.15) is 18.1 Å². The van der Waals surface area contributed by atoms with Crippen LogP contribution in [0.3, 0.4) is 0 Å². The molecule has 0 bridgehead atoms. The van der Waals surface area contributed by atoms with Crippen molar-refractivity contribution in [1.29, 1.82) is 0 Å². The van der Waals surface area contributed by atoms with Crippen molar-refractivity contribution in [3.05, 3.63) is 47.5 Å². The molecule has 0 radical (unpaired) electrons. The summed E-state index contributed by atoms with van der Waals surface area (Å²) in [6, 6.07) is 8.77. The molecule has 2 aromatic carbocycles. The first-order valence-electron chi connectivity index (χ1n) is 9.80. The summed E-state index contributed by atoms with van der Waals surface area (Å²) in [7, 11) is 4.51. The Morgan fingerprint density at radius 1 is 1.03 bits per heavy atom. The van der Waals surface area contributed by atoms with E-state index in [9.17, 15) is 9.59 Å². The molecule has 3 rings (SSSR count). The van der Waals surface area contributed by atoms with E-state index in [2.05, 4.69) is 5.32 Å². The molecule has 9 nitrogen and oxygen atoms in total. The zero-order valence-corrected chi connectivity index (χ0v) is 18.3. The van der Waals surface area contributed by atoms with Crippen LogP contribution in [0.15, 0.2) is 36.4 Å². The lowest BCUT2D eigenvalue weighted by atomic mass is 10.1. The van der Waals surface area contributed by atoms with Gasteiger partial charge in [0.1, 0.15) is 0 Å². The first-order chi connectivity index (χ1) is 15.4. The molecule has 1 aliphatic rings. The maximum absolute atomic E-state index is 12.3. The van der Waals surface area contributed by atoms with Gasteiger partial charge >= 0.3 is 5.97 Å². The van der Waals surface area contributed by atoms with Gasteiger partial charge in [-0.3, -0.25) is 4.79 Å². The van der Waals surface area contributed by atoms with E-state index < -0.39 is 18.0 Å². The molecule has 1 atom stereocenters. The molecule has 1 N–H and O–H groups in total. The molecule has 2 aromatic rings. The first kappa shape index (κ1) is 22.8. The molecule has 0 aliphatic carbocycles. The van der Waals surface area contributed by atoms with Crippen molar-refractivity contribution in [2.75, 3.05) is 28.1 Å². The highest BCUT2D eigenvalue weighted by Crippen LogP contribution is 2.38. The Morgan fingerprint density at radius 2 is 1.72 bits per heavy atom. The zero-order valence-electron chi connectivity index (χ0n) is 18.3. The number of nitrogens with one attached hydrogen (secondary N) is 1. The van der Waals surface area contributed by atoms with E-state index in [-0.39, 0.29) is 13.3 Å². The molecule has 0 spiro atoms. The summed E-state index contributed by atoms with van der Waals surface area (Å²) < 4.78 is 31.6. The number of carbonyl (C=O) groups excluding carboxylic acids is 2. The minimum Gasteiger partial charge on any atom is -0.493 e. The Morgan fingerprint density at radius 3 is 2.38 bits per heavy atom. The van der Waals surface area contributed by atoms with Crippen molar-refractivity contribution in [3.8, 4) is 28.7 Å². The Balaban J connectivity index is 1.54. The van der Waals surface area contributed by atoms with Gasteiger partial charge in [0.15, 0.2) is 29.1 Å². The van der Waals surface area contributed by atoms with Crippen molar-refractivity contribution in [2.24, 2.45) is 0 Å². The van der Waals surface area contributed by atoms with E-state index in [0.29, 0.717) is 34.3 Å². The molecule has 0 aromatic heterocycles. The average molecular weight is 443 g/mol. The number of amides is 1. The van der Waals surface area contributed by atoms with Gasteiger partial charge in [-0.1, -0.05) is 6.07 Å². The van der Waals surface area contributed by atoms with Gasteiger partial charge in [-0.15, -0.1) is 0 Å². The third kappa shape index (κ3) is 5.42. The highest BCUT2D eigenvalue weighted by atomic mass is 16.7. The SMILES string of the molecule is COc1cc(C=CC(=O)OC(C)C(=O)NCc2ccc3c(c2)OCO3)cc(OC)c1OC. The van der Waals surface area contributed by atoms with Gasteiger partial charge in [0, 0.05) is 12.6 Å². The molecule has 1 amide bonds. The smallest absolute Gasteiger partial charge is 0.331 e. The summed E-state index contributed by atoms with van der Waals surface area (Å²) in [4.78, 5) is 24.4. The van der Waals surface area contributed by atoms with Crippen LogP contribution in [0.4, 0.5) is 0 Å². The maximum atomic E-state index is 12.3. The van der Waals surface area contributed by atoms with Crippen molar-refractivity contribution < 1.29 is 38.0 Å². The largest absolute Gasteiger partial charge is 0.493 e. The van der Waals surface area contributed by atoms with E-state index in [0.717, 1.165) is 5.56 Å². The van der Waals surface area contributed by atoms with Crippen LogP contribution in [-0.4, -0.2) is 46.1 Å². The molecular formula is C23H25NO8. The Bertz CT molecular complexity index is 992. The van der Waals surface area contributed by atoms with Gasteiger partial charge in [-0.05, 0) is 48.4 Å². The minimum atomic E-state index is -0.971. The summed E-state index contributed by atoms with van der Waals surface area (Å²) in [5, 5.41) is 2.73. The monoisotopic (exact) mass is 443 g/mol. The number of carbonyl (C=O) groups is 2. The number of esters is 1. The molecular weight excluding hydrogens is 418 g/mol. The predicted octanol–water partition coefficient (Wildman–Crippen LogP) is 2.70. The number of rotatable bonds is 9. The molecule has 1 unspecified atom stereocenters. The lowest BCUT2D eigenvalue weighted by molar-refractivity contribution is -0.150. The second-order valence-electron chi connectivity index (χ2n) is 6.78. The van der Waals surface area contributed by atoms with Crippen molar-refractivity contribution in [2.45, 2.75) is 19.6 Å². The lowest BCUT2D eigenvalue weighted by Crippen LogP contribution is -2.35. The average Bonchev–Trinajstić information content (AvgIpc) is 3.28. The van der Waals surface area contributed by atoms with Gasteiger partial charge in [-0.25, -0.2) is 4.79 Å². The molecule has 0 saturated carbocycles. The van der Waals surface area contributed by atoms with E-state index in [1.165, 1.54) is 40.4 Å². The quantitative estimate of drug-likeness (QED) is 0.466. The Kier molecular flexibility index (Phi) is 7.43. The second-order valence-corrected chi connectivity index (χ2v) is 6.78. The van der Waals surface area contributed by atoms with E-state index in [4.69, 9.17) is 28.4 Å². The van der Waals surface area contributed by atoms with Gasteiger partial charge in [-0.2, -0.15) is 0 Å². The minimum absolute atomic E-state index is 0.182. The second kappa shape index (κ2) is 10.4. The number of fused-ring (bicyclic) bond motifs is 1. The molecule has 32 heavy (non-hydrogen) atoms. The van der Waals surface area contributed by atoms with Crippen LogP contribution in [0, 0.1) is 0 Å². The summed E-state index contributed by atoms with van der Waals surface area (Å²) in [5.41, 5.74) is 1.47. The van der Waals surface area contributed by atoms with Crippen LogP contribution < -0.4 is 29.0 Å². The summed E-state index contributed by atoms with van der Waals surface area (Å²) in [6.45, 7) is 1.94. The van der Waals surface area contributed by atoms with Crippen LogP contribution >= 0.6 is 0 Å². The first-order valence-corrected chi connectivity index (χ1v) is 9.80. The van der Waals surface area contributed by atoms with Gasteiger partial charge in [0.2, 0.25) is 12.5 Å². The Labute approximate surface area is 185 Å². The van der Waals surface area contributed by atoms with E-state index in [1.54, 1.807) is 24.3 Å². The fraction of sp³-hybridized carbons (Fsp3) is 0.304. The van der Waals surface area contributed by atoms with Crippen molar-refractivity contribution in [1.82, 2.24) is 5.32 Å². The van der Waals surface area contributed by atoms with Crippen molar-refractivity contribution in [3.63, 3.8) is 0 Å². The third-order valence-electron chi connectivity index (χ3n) is 4.66. The summed E-state index contributed by atoms with van der Waals surface area (Å²) in [5.74, 6) is 1.57. The molecule has 9 heteroatoms. The lowest BCUT2D eigenvalue weighted by Gasteiger charge is -2.13. The molecule has 170 valence electrons. The van der Waals surface area contributed by atoms with Crippen LogP contribution in [0.5, 0.6) is 28.7 Å². The van der Waals surface area contributed by atoms with Gasteiger partial charge in [0.25, 0.3) is 5.91 Å². The maximum Gasteiger partial charge on any atom is 0.331 e. The van der Waals surface area contributed by atoms with E-state index in [1.807, 2.05) is 6.07 Å². The summed E-state index contributed by atoms with van der Waals surface area (Å²) in [6.07, 6.45) is 1.79. The Hall–Kier alpha value is -3.88. The van der Waals surface area contributed by atoms with Crippen LogP contribution in [0.2, 0.25) is 0 Å². The highest BCUT2D eigenvalue weighted by molar-refractivity contribution is 5.90. The molecule has 1 heterocycles. The molecule has 0 saturated heterocycles. The fourth-order valence-corrected chi connectivity index (χ4v) is 3.01. The van der Waals surface area contributed by atoms with Gasteiger partial charge in [0.05, 0.1) is 21.3 Å². The van der Waals surface area contributed by atoms with Gasteiger partial charge < -0.3 is 33.7 Å². The van der Waals surface area contributed by atoms with Crippen molar-refractivity contribution >= 4 is 18.0 Å². The number of ether oxygens (including phenoxy) is 6. The number of hydrogen-bond acceptors (Lipinski definition) is 8. The fourth-order valence-electron chi connectivity index (χ4n) is 3.01. The topological polar surface area (TPSA) is 102 Å². The standard InChI is InChI=1S/C23H25NO8/c1-14(23(26)24-12-16-5-7-17-18(11-16)31-13-30-17)32-21(25)8-6-15-9-19(27-2)22(29-4)20(10-15)28-3/h5-11,14H,12-13H2,1-4H3,(H,24,26). The highest BCUT2D eigenvalue weighted by Gasteiger charge is 2.18. The number of benzene rings is 2. The predicted molar refractivity (Wildman–Crippen MR) is 115 cm³/mol. The summed E-state index contributed by atoms with van der Waals surface area (Å²) >= 11 is 0. The third-order valence-corrected chi connectivity index (χ3v) is 4.66. The van der Waals surface area contributed by atoms with E-state index >= 15 is 0 Å². The zero-order chi connectivity index (χ0) is 23.1. The molecule has 0 fully saturated rings. The molecule has 1 aliphatic heterocycles. The van der Waals surface area contributed by atoms with Crippen LogP contribution in [-0.2, 0) is 20.9 Å². The number of methoxy groups -OCH3 is 3. The van der Waals surface area contributed by atoms with Crippen LogP contribution in [0.25, 0.3) is 6.08 Å². The normalized spacial score (nSPS) is 12.9.